The fourth-order valence-corrected chi connectivity index (χ4v) is 6.67. The zero-order valence-corrected chi connectivity index (χ0v) is 21.6. The van der Waals surface area contributed by atoms with Crippen LogP contribution in [0.25, 0.3) is 10.2 Å². The number of halogens is 5. The van der Waals surface area contributed by atoms with Crippen molar-refractivity contribution >= 4 is 95.3 Å². The highest BCUT2D eigenvalue weighted by molar-refractivity contribution is 7.92. The molecule has 0 saturated carbocycles. The lowest BCUT2D eigenvalue weighted by molar-refractivity contribution is 0.601. The van der Waals surface area contributed by atoms with Crippen LogP contribution in [-0.4, -0.2) is 13.4 Å². The molecule has 0 bridgehead atoms. The number of nitrogens with one attached hydrogen (secondary N) is 1. The maximum atomic E-state index is 12.9. The van der Waals surface area contributed by atoms with Crippen LogP contribution >= 0.6 is 69.3 Å². The molecule has 0 atom stereocenters. The molecule has 4 rings (SSSR count). The highest BCUT2D eigenvalue weighted by atomic mass is 35.5. The Morgan fingerprint density at radius 2 is 1.59 bits per heavy atom. The molecular formula is C21H13Cl5N2O2S2. The van der Waals surface area contributed by atoms with Crippen molar-refractivity contribution in [3.8, 4) is 0 Å². The van der Waals surface area contributed by atoms with Gasteiger partial charge >= 0.3 is 0 Å². The van der Waals surface area contributed by atoms with Gasteiger partial charge in [0, 0.05) is 26.5 Å². The number of thiazole rings is 1. The summed E-state index contributed by atoms with van der Waals surface area (Å²) in [6.07, 6.45) is 0.393. The van der Waals surface area contributed by atoms with E-state index in [1.165, 1.54) is 35.6 Å². The molecule has 32 heavy (non-hydrogen) atoms. The molecule has 0 spiro atoms. The van der Waals surface area contributed by atoms with Crippen LogP contribution in [0.2, 0.25) is 25.1 Å². The van der Waals surface area contributed by atoms with E-state index < -0.39 is 10.0 Å². The molecule has 11 heteroatoms. The molecule has 1 N–H and O–H groups in total. The van der Waals surface area contributed by atoms with Crippen LogP contribution in [0.4, 0.5) is 5.69 Å². The average Bonchev–Trinajstić information content (AvgIpc) is 3.08. The smallest absolute Gasteiger partial charge is 0.263 e. The third-order valence-electron chi connectivity index (χ3n) is 4.62. The van der Waals surface area contributed by atoms with Crippen LogP contribution in [0, 0.1) is 6.92 Å². The first-order valence-corrected chi connectivity index (χ1v) is 13.2. The van der Waals surface area contributed by atoms with E-state index >= 15 is 0 Å². The number of aryl methyl sites for hydroxylation is 1. The van der Waals surface area contributed by atoms with Gasteiger partial charge in [0.25, 0.3) is 10.0 Å². The maximum Gasteiger partial charge on any atom is 0.263 e. The summed E-state index contributed by atoms with van der Waals surface area (Å²) in [4.78, 5) is 4.49. The lowest BCUT2D eigenvalue weighted by atomic mass is 10.1. The molecule has 166 valence electrons. The van der Waals surface area contributed by atoms with Gasteiger partial charge in [0.2, 0.25) is 0 Å². The predicted molar refractivity (Wildman–Crippen MR) is 136 cm³/mol. The Labute approximate surface area is 214 Å². The number of benzene rings is 3. The minimum atomic E-state index is -3.99. The van der Waals surface area contributed by atoms with Crippen LogP contribution in [0.3, 0.4) is 0 Å². The summed E-state index contributed by atoms with van der Waals surface area (Å²) in [7, 11) is -3.99. The zero-order valence-electron chi connectivity index (χ0n) is 16.2. The Kier molecular flexibility index (Phi) is 6.86. The van der Waals surface area contributed by atoms with E-state index in [0.29, 0.717) is 37.6 Å². The van der Waals surface area contributed by atoms with Crippen molar-refractivity contribution in [2.24, 2.45) is 0 Å². The molecule has 4 nitrogen and oxygen atoms in total. The molecule has 0 radical (unpaired) electrons. The van der Waals surface area contributed by atoms with Crippen LogP contribution < -0.4 is 4.72 Å². The second kappa shape index (κ2) is 9.18. The molecule has 0 aliphatic heterocycles. The first kappa shape index (κ1) is 23.9. The highest BCUT2D eigenvalue weighted by Gasteiger charge is 2.21. The lowest BCUT2D eigenvalue weighted by Crippen LogP contribution is -2.14. The summed E-state index contributed by atoms with van der Waals surface area (Å²) < 4.78 is 29.2. The molecular weight excluding hydrogens is 554 g/mol. The van der Waals surface area contributed by atoms with Gasteiger partial charge in [-0.3, -0.25) is 4.72 Å². The van der Waals surface area contributed by atoms with Gasteiger partial charge < -0.3 is 0 Å². The van der Waals surface area contributed by atoms with Crippen molar-refractivity contribution in [2.75, 3.05) is 4.72 Å². The largest absolute Gasteiger partial charge is 0.279 e. The third-order valence-corrected chi connectivity index (χ3v) is 8.82. The summed E-state index contributed by atoms with van der Waals surface area (Å²) in [5.74, 6) is 0. The van der Waals surface area contributed by atoms with Crippen molar-refractivity contribution in [2.45, 2.75) is 18.2 Å². The van der Waals surface area contributed by atoms with Crippen LogP contribution in [0.1, 0.15) is 16.1 Å². The number of hydrogen-bond acceptors (Lipinski definition) is 4. The van der Waals surface area contributed by atoms with Crippen LogP contribution in [0.15, 0.2) is 47.4 Å². The topological polar surface area (TPSA) is 59.1 Å². The summed E-state index contributed by atoms with van der Waals surface area (Å²) in [5, 5.41) is 2.43. The SMILES string of the molecule is Cc1cc(S(=O)(=O)Nc2cc(Cl)c(Cc3nc4cc(Cl)ccc4s3)c(Cl)c2)c(Cl)cc1Cl. The summed E-state index contributed by atoms with van der Waals surface area (Å²) in [6.45, 7) is 1.69. The molecule has 0 aliphatic rings. The third kappa shape index (κ3) is 4.97. The Balaban J connectivity index is 1.63. The Bertz CT molecular complexity index is 1450. The molecule has 0 fully saturated rings. The fourth-order valence-electron chi connectivity index (χ4n) is 3.05. The minimum Gasteiger partial charge on any atom is -0.279 e. The number of rotatable bonds is 5. The molecule has 1 heterocycles. The molecule has 0 aliphatic carbocycles. The minimum absolute atomic E-state index is 0.0119. The van der Waals surface area contributed by atoms with E-state index in [1.54, 1.807) is 19.1 Å². The van der Waals surface area contributed by atoms with Gasteiger partial charge in [-0.05, 0) is 60.5 Å². The molecule has 1 aromatic heterocycles. The van der Waals surface area contributed by atoms with Gasteiger partial charge in [-0.1, -0.05) is 58.0 Å². The first-order valence-electron chi connectivity index (χ1n) is 9.05. The van der Waals surface area contributed by atoms with Gasteiger partial charge in [0.05, 0.1) is 25.9 Å². The quantitative estimate of drug-likeness (QED) is 0.265. The number of sulfonamides is 1. The summed E-state index contributed by atoms with van der Waals surface area (Å²) >= 11 is 32.6. The zero-order chi connectivity index (χ0) is 23.2. The average molecular weight is 567 g/mol. The number of aromatic nitrogens is 1. The number of fused-ring (bicyclic) bond motifs is 1. The normalized spacial score (nSPS) is 11.8. The van der Waals surface area contributed by atoms with E-state index in [2.05, 4.69) is 9.71 Å². The van der Waals surface area contributed by atoms with Crippen molar-refractivity contribution in [3.63, 3.8) is 0 Å². The lowest BCUT2D eigenvalue weighted by Gasteiger charge is -2.13. The van der Waals surface area contributed by atoms with E-state index in [0.717, 1.165) is 15.2 Å². The second-order valence-electron chi connectivity index (χ2n) is 6.95. The van der Waals surface area contributed by atoms with Gasteiger partial charge in [0.15, 0.2) is 0 Å². The van der Waals surface area contributed by atoms with Crippen LogP contribution in [-0.2, 0) is 16.4 Å². The number of hydrogen-bond donors (Lipinski definition) is 1. The van der Waals surface area contributed by atoms with Gasteiger partial charge in [-0.25, -0.2) is 13.4 Å². The Morgan fingerprint density at radius 1 is 0.906 bits per heavy atom. The van der Waals surface area contributed by atoms with E-state index in [9.17, 15) is 8.42 Å². The van der Waals surface area contributed by atoms with Crippen LogP contribution in [0.5, 0.6) is 0 Å². The van der Waals surface area contributed by atoms with Gasteiger partial charge in [-0.2, -0.15) is 0 Å². The van der Waals surface area contributed by atoms with E-state index in [-0.39, 0.29) is 15.6 Å². The highest BCUT2D eigenvalue weighted by Crippen LogP contribution is 2.35. The predicted octanol–water partition coefficient (Wildman–Crippen LogP) is 8.26. The van der Waals surface area contributed by atoms with Gasteiger partial charge in [0.1, 0.15) is 4.90 Å². The molecule has 0 saturated heterocycles. The monoisotopic (exact) mass is 564 g/mol. The standard InChI is InChI=1S/C21H13Cl5N2O2S2/c1-10-4-20(17(26)9-14(10)23)32(29,30)28-12-6-15(24)13(16(25)7-12)8-21-27-18-5-11(22)2-3-19(18)31-21/h2-7,9,28H,8H2,1H3. The number of anilines is 1. The van der Waals surface area contributed by atoms with Crippen molar-refractivity contribution in [1.29, 1.82) is 0 Å². The maximum absolute atomic E-state index is 12.9. The van der Waals surface area contributed by atoms with Crippen molar-refractivity contribution in [1.82, 2.24) is 4.98 Å². The molecule has 0 unspecified atom stereocenters. The Morgan fingerprint density at radius 3 is 2.28 bits per heavy atom. The molecule has 3 aromatic carbocycles. The molecule has 0 amide bonds. The molecule has 4 aromatic rings. The fraction of sp³-hybridized carbons (Fsp3) is 0.0952. The summed E-state index contributed by atoms with van der Waals surface area (Å²) in [6, 6.07) is 11.3. The van der Waals surface area contributed by atoms with E-state index in [4.69, 9.17) is 58.0 Å². The number of nitrogens with zero attached hydrogens (tertiary/aromatic N) is 1. The van der Waals surface area contributed by atoms with E-state index in [1.807, 2.05) is 6.07 Å². The summed E-state index contributed by atoms with van der Waals surface area (Å²) in [5.41, 5.74) is 2.23. The first-order chi connectivity index (χ1) is 15.0. The van der Waals surface area contributed by atoms with Crippen molar-refractivity contribution in [3.05, 3.63) is 83.7 Å². The second-order valence-corrected chi connectivity index (χ2v) is 11.8. The Hall–Kier alpha value is -1.25. The van der Waals surface area contributed by atoms with Gasteiger partial charge in [-0.15, -0.1) is 11.3 Å². The van der Waals surface area contributed by atoms with Crippen molar-refractivity contribution < 1.29 is 8.42 Å².